The van der Waals surface area contributed by atoms with Gasteiger partial charge >= 0.3 is 6.03 Å². The highest BCUT2D eigenvalue weighted by Crippen LogP contribution is 2.45. The number of carbonyl (C=O) groups excluding carboxylic acids is 2. The Kier molecular flexibility index (Phi) is 7.20. The molecule has 1 aromatic carbocycles. The van der Waals surface area contributed by atoms with Crippen LogP contribution < -0.4 is 10.6 Å². The Morgan fingerprint density at radius 2 is 2.09 bits per heavy atom. The van der Waals surface area contributed by atoms with E-state index in [1.807, 2.05) is 45.4 Å². The van der Waals surface area contributed by atoms with E-state index >= 15 is 0 Å². The molecule has 33 heavy (non-hydrogen) atoms. The van der Waals surface area contributed by atoms with Crippen LogP contribution in [0, 0.1) is 5.92 Å². The van der Waals surface area contributed by atoms with Crippen molar-refractivity contribution >= 4 is 22.8 Å². The smallest absolute Gasteiger partial charge is 0.326 e. The zero-order chi connectivity index (χ0) is 23.5. The maximum absolute atomic E-state index is 13.1. The summed E-state index contributed by atoms with van der Waals surface area (Å²) < 4.78 is 1.75. The number of carbonyl (C=O) groups is 2. The van der Waals surface area contributed by atoms with Crippen LogP contribution >= 0.6 is 0 Å². The maximum Gasteiger partial charge on any atom is 0.326 e. The average Bonchev–Trinajstić information content (AvgIpc) is 3.17. The van der Waals surface area contributed by atoms with Crippen molar-refractivity contribution in [3.8, 4) is 0 Å². The summed E-state index contributed by atoms with van der Waals surface area (Å²) in [5.41, 5.74) is 3.44. The highest BCUT2D eigenvalue weighted by Gasteiger charge is 2.42. The molecule has 2 aromatic rings. The second-order valence-electron chi connectivity index (χ2n) is 9.60. The minimum Gasteiger partial charge on any atom is -0.356 e. The Balaban J connectivity index is 1.61. The van der Waals surface area contributed by atoms with Crippen LogP contribution in [-0.4, -0.2) is 79.2 Å². The van der Waals surface area contributed by atoms with Gasteiger partial charge in [0, 0.05) is 49.7 Å². The first kappa shape index (κ1) is 23.5. The molecule has 4 rings (SSSR count). The Hall–Kier alpha value is -2.64. The van der Waals surface area contributed by atoms with Gasteiger partial charge in [-0.05, 0) is 64.0 Å². The molecule has 0 unspecified atom stereocenters. The van der Waals surface area contributed by atoms with E-state index in [-0.39, 0.29) is 23.8 Å². The van der Waals surface area contributed by atoms with Crippen LogP contribution in [0.15, 0.2) is 37.1 Å². The Labute approximate surface area is 196 Å². The molecule has 1 saturated heterocycles. The van der Waals surface area contributed by atoms with Crippen LogP contribution in [0.1, 0.15) is 36.8 Å². The molecule has 0 bridgehead atoms. The predicted molar refractivity (Wildman–Crippen MR) is 133 cm³/mol. The van der Waals surface area contributed by atoms with E-state index in [0.717, 1.165) is 44.4 Å². The Bertz CT molecular complexity index is 1030. The van der Waals surface area contributed by atoms with E-state index in [9.17, 15) is 9.59 Å². The van der Waals surface area contributed by atoms with Gasteiger partial charge in [0.25, 0.3) is 0 Å². The van der Waals surface area contributed by atoms with Crippen molar-refractivity contribution in [1.29, 1.82) is 0 Å². The first-order chi connectivity index (χ1) is 15.9. The first-order valence-electron chi connectivity index (χ1n) is 12.1. The summed E-state index contributed by atoms with van der Waals surface area (Å²) in [6.45, 7) is 9.67. The standard InChI is InChI=1S/C26H37N5O2/c1-5-12-30-16-19(25(32)28-11-8-13-29(3)4)14-21-20-9-7-10-22-24(20)18(15-23(21)30)17-31(22)26(33)27-6-2/h5,7,9-10,17,19,21,23H,1,6,8,11-16H2,2-4H3,(H,27,33)(H,28,32)/t19-,21-,23-/m1/s1. The third-order valence-electron chi connectivity index (χ3n) is 7.06. The molecule has 0 radical (unpaired) electrons. The van der Waals surface area contributed by atoms with Gasteiger partial charge in [-0.15, -0.1) is 6.58 Å². The number of piperidine rings is 1. The van der Waals surface area contributed by atoms with Crippen molar-refractivity contribution in [2.45, 2.75) is 38.1 Å². The number of rotatable bonds is 8. The van der Waals surface area contributed by atoms with Crippen LogP contribution in [0.2, 0.25) is 0 Å². The number of likely N-dealkylation sites (tertiary alicyclic amines) is 1. The summed E-state index contributed by atoms with van der Waals surface area (Å²) in [5.74, 6) is 0.365. The zero-order valence-corrected chi connectivity index (χ0v) is 20.1. The predicted octanol–water partition coefficient (Wildman–Crippen LogP) is 2.80. The van der Waals surface area contributed by atoms with Gasteiger partial charge in [0.05, 0.1) is 11.4 Å². The topological polar surface area (TPSA) is 69.6 Å². The van der Waals surface area contributed by atoms with Gasteiger partial charge in [-0.2, -0.15) is 0 Å². The van der Waals surface area contributed by atoms with Gasteiger partial charge in [-0.3, -0.25) is 14.3 Å². The van der Waals surface area contributed by atoms with Crippen molar-refractivity contribution in [1.82, 2.24) is 25.0 Å². The normalized spacial score (nSPS) is 22.2. The summed E-state index contributed by atoms with van der Waals surface area (Å²) in [7, 11) is 4.10. The van der Waals surface area contributed by atoms with Crippen LogP contribution in [0.5, 0.6) is 0 Å². The van der Waals surface area contributed by atoms with Gasteiger partial charge in [-0.25, -0.2) is 4.79 Å². The molecule has 2 N–H and O–H groups in total. The maximum atomic E-state index is 13.1. The molecule has 2 heterocycles. The summed E-state index contributed by atoms with van der Waals surface area (Å²) in [4.78, 5) is 30.3. The van der Waals surface area contributed by atoms with Crippen molar-refractivity contribution in [2.75, 3.05) is 46.8 Å². The molecular weight excluding hydrogens is 414 g/mol. The lowest BCUT2D eigenvalue weighted by Crippen LogP contribution is -2.53. The highest BCUT2D eigenvalue weighted by atomic mass is 16.2. The van der Waals surface area contributed by atoms with Crippen LogP contribution in [-0.2, 0) is 11.2 Å². The number of nitrogens with one attached hydrogen (secondary N) is 2. The molecule has 1 aliphatic carbocycles. The molecule has 2 aliphatic rings. The number of hydrogen-bond acceptors (Lipinski definition) is 4. The van der Waals surface area contributed by atoms with Gasteiger partial charge in [0.15, 0.2) is 0 Å². The fourth-order valence-corrected chi connectivity index (χ4v) is 5.63. The minimum atomic E-state index is -0.0892. The van der Waals surface area contributed by atoms with Gasteiger partial charge in [-0.1, -0.05) is 18.2 Å². The third kappa shape index (κ3) is 4.70. The van der Waals surface area contributed by atoms with Crippen molar-refractivity contribution in [3.05, 3.63) is 48.2 Å². The zero-order valence-electron chi connectivity index (χ0n) is 20.1. The lowest BCUT2D eigenvalue weighted by atomic mass is 9.72. The molecule has 1 fully saturated rings. The van der Waals surface area contributed by atoms with E-state index in [1.54, 1.807) is 4.57 Å². The van der Waals surface area contributed by atoms with E-state index in [2.05, 4.69) is 33.1 Å². The number of hydrogen-bond donors (Lipinski definition) is 2. The van der Waals surface area contributed by atoms with E-state index in [0.29, 0.717) is 19.1 Å². The molecule has 1 aromatic heterocycles. The van der Waals surface area contributed by atoms with Gasteiger partial charge in [0.1, 0.15) is 0 Å². The molecule has 2 amide bonds. The van der Waals surface area contributed by atoms with E-state index in [1.165, 1.54) is 16.5 Å². The lowest BCUT2D eigenvalue weighted by molar-refractivity contribution is -0.127. The van der Waals surface area contributed by atoms with Crippen molar-refractivity contribution < 1.29 is 9.59 Å². The summed E-state index contributed by atoms with van der Waals surface area (Å²) in [6.07, 6.45) is 6.61. The quantitative estimate of drug-likeness (QED) is 0.478. The molecule has 3 atom stereocenters. The summed E-state index contributed by atoms with van der Waals surface area (Å²) >= 11 is 0. The van der Waals surface area contributed by atoms with Crippen LogP contribution in [0.4, 0.5) is 4.79 Å². The number of amides is 2. The molecule has 178 valence electrons. The van der Waals surface area contributed by atoms with Crippen LogP contribution in [0.3, 0.4) is 0 Å². The molecular formula is C26H37N5O2. The van der Waals surface area contributed by atoms with Crippen LogP contribution in [0.25, 0.3) is 10.9 Å². The van der Waals surface area contributed by atoms with Crippen molar-refractivity contribution in [2.24, 2.45) is 5.92 Å². The first-order valence-corrected chi connectivity index (χ1v) is 12.1. The fraction of sp³-hybridized carbons (Fsp3) is 0.538. The SMILES string of the molecule is C=CCN1C[C@H](C(=O)NCCCN(C)C)C[C@@H]2c3cccc4c3c(cn4C(=O)NCC)C[C@H]21. The lowest BCUT2D eigenvalue weighted by Gasteiger charge is -2.46. The second-order valence-corrected chi connectivity index (χ2v) is 9.60. The summed E-state index contributed by atoms with van der Waals surface area (Å²) in [6, 6.07) is 6.48. The number of fused-ring (bicyclic) bond motifs is 2. The molecule has 0 spiro atoms. The average molecular weight is 452 g/mol. The van der Waals surface area contributed by atoms with Crippen molar-refractivity contribution in [3.63, 3.8) is 0 Å². The largest absolute Gasteiger partial charge is 0.356 e. The summed E-state index contributed by atoms with van der Waals surface area (Å²) in [5, 5.41) is 7.28. The number of aromatic nitrogens is 1. The minimum absolute atomic E-state index is 0.0483. The second kappa shape index (κ2) is 10.1. The molecule has 1 aliphatic heterocycles. The molecule has 7 heteroatoms. The Morgan fingerprint density at radius 3 is 2.82 bits per heavy atom. The third-order valence-corrected chi connectivity index (χ3v) is 7.06. The van der Waals surface area contributed by atoms with E-state index < -0.39 is 0 Å². The Morgan fingerprint density at radius 1 is 1.27 bits per heavy atom. The highest BCUT2D eigenvalue weighted by molar-refractivity contribution is 5.96. The fourth-order valence-electron chi connectivity index (χ4n) is 5.63. The molecule has 0 saturated carbocycles. The molecule has 7 nitrogen and oxygen atoms in total. The monoisotopic (exact) mass is 451 g/mol. The number of benzene rings is 1. The van der Waals surface area contributed by atoms with Gasteiger partial charge in [0.2, 0.25) is 5.91 Å². The van der Waals surface area contributed by atoms with E-state index in [4.69, 9.17) is 0 Å². The number of nitrogens with zero attached hydrogens (tertiary/aromatic N) is 3. The van der Waals surface area contributed by atoms with Gasteiger partial charge < -0.3 is 15.5 Å².